The zero-order chi connectivity index (χ0) is 33.1. The van der Waals surface area contributed by atoms with Crippen LogP contribution in [0.3, 0.4) is 0 Å². The molecule has 6 rings (SSSR count). The van der Waals surface area contributed by atoms with Crippen LogP contribution in [0.2, 0.25) is 0 Å². The van der Waals surface area contributed by atoms with Crippen molar-refractivity contribution in [2.75, 3.05) is 6.54 Å². The van der Waals surface area contributed by atoms with Gasteiger partial charge >= 0.3 is 0 Å². The van der Waals surface area contributed by atoms with Gasteiger partial charge in [0.25, 0.3) is 10.0 Å². The van der Waals surface area contributed by atoms with E-state index in [0.717, 1.165) is 26.7 Å². The molecule has 0 fully saturated rings. The molecule has 47 heavy (non-hydrogen) atoms. The average molecular weight is 774 g/mol. The van der Waals surface area contributed by atoms with Crippen LogP contribution < -0.4 is 0 Å². The third kappa shape index (κ3) is 7.09. The third-order valence-corrected chi connectivity index (χ3v) is 11.5. The second-order valence-corrected chi connectivity index (χ2v) is 15.3. The van der Waals surface area contributed by atoms with E-state index in [1.165, 1.54) is 4.31 Å². The van der Waals surface area contributed by atoms with Gasteiger partial charge in [-0.1, -0.05) is 125 Å². The summed E-state index contributed by atoms with van der Waals surface area (Å²) in [6.07, 6.45) is 0. The van der Waals surface area contributed by atoms with Crippen molar-refractivity contribution in [2.45, 2.75) is 43.4 Å². The SMILES string of the molecule is Cc1ccc(S(=O)(=O)N2C(CN(Cc3cc(Br)cc(Br)c3O)C(C)c3ccccc3)=NC(c3ccccc3)C2c2ccccc2)cc1. The predicted octanol–water partition coefficient (Wildman–Crippen LogP) is 9.37. The molecular formula is C38H35Br2N3O3S. The first-order valence-electron chi connectivity index (χ1n) is 15.4. The second-order valence-electron chi connectivity index (χ2n) is 11.8. The fourth-order valence-electron chi connectivity index (χ4n) is 6.09. The van der Waals surface area contributed by atoms with Gasteiger partial charge in [-0.05, 0) is 70.7 Å². The van der Waals surface area contributed by atoms with Crippen molar-refractivity contribution in [1.29, 1.82) is 0 Å². The molecule has 0 bridgehead atoms. The Morgan fingerprint density at radius 3 is 2.00 bits per heavy atom. The predicted molar refractivity (Wildman–Crippen MR) is 195 cm³/mol. The number of phenolic OH excluding ortho intramolecular Hbond substituents is 1. The smallest absolute Gasteiger partial charge is 0.265 e. The first-order valence-corrected chi connectivity index (χ1v) is 18.4. The van der Waals surface area contributed by atoms with E-state index >= 15 is 0 Å². The zero-order valence-electron chi connectivity index (χ0n) is 26.0. The molecule has 3 unspecified atom stereocenters. The van der Waals surface area contributed by atoms with E-state index in [0.29, 0.717) is 22.4 Å². The van der Waals surface area contributed by atoms with Crippen molar-refractivity contribution in [3.8, 4) is 5.75 Å². The summed E-state index contributed by atoms with van der Waals surface area (Å²) in [7, 11) is -4.06. The second kappa shape index (κ2) is 14.2. The van der Waals surface area contributed by atoms with Gasteiger partial charge in [0.2, 0.25) is 0 Å². The molecule has 1 aliphatic heterocycles. The number of hydrogen-bond donors (Lipinski definition) is 1. The Hall–Kier alpha value is -3.76. The van der Waals surface area contributed by atoms with Crippen molar-refractivity contribution >= 4 is 47.7 Å². The molecule has 3 atom stereocenters. The van der Waals surface area contributed by atoms with Crippen molar-refractivity contribution in [3.05, 3.63) is 164 Å². The molecule has 0 spiro atoms. The number of aliphatic imine (C=N–C) groups is 1. The van der Waals surface area contributed by atoms with Crippen molar-refractivity contribution < 1.29 is 13.5 Å². The van der Waals surface area contributed by atoms with E-state index in [-0.39, 0.29) is 23.2 Å². The fourth-order valence-corrected chi connectivity index (χ4v) is 9.03. The van der Waals surface area contributed by atoms with Crippen LogP contribution in [0, 0.1) is 6.92 Å². The Morgan fingerprint density at radius 1 is 0.809 bits per heavy atom. The summed E-state index contributed by atoms with van der Waals surface area (Å²) < 4.78 is 32.6. The molecule has 0 amide bonds. The molecule has 6 nitrogen and oxygen atoms in total. The Balaban J connectivity index is 1.52. The van der Waals surface area contributed by atoms with Gasteiger partial charge in [-0.2, -0.15) is 0 Å². The first kappa shape index (κ1) is 33.2. The summed E-state index contributed by atoms with van der Waals surface area (Å²) in [5.74, 6) is 0.574. The van der Waals surface area contributed by atoms with E-state index in [4.69, 9.17) is 4.99 Å². The summed E-state index contributed by atoms with van der Waals surface area (Å²) in [4.78, 5) is 7.63. The zero-order valence-corrected chi connectivity index (χ0v) is 30.0. The molecule has 0 saturated carbocycles. The highest BCUT2D eigenvalue weighted by atomic mass is 79.9. The number of benzene rings is 5. The normalized spacial score (nSPS) is 17.1. The van der Waals surface area contributed by atoms with Gasteiger partial charge in [-0.15, -0.1) is 0 Å². The lowest BCUT2D eigenvalue weighted by Crippen LogP contribution is -2.43. The fraction of sp³-hybridized carbons (Fsp3) is 0.184. The van der Waals surface area contributed by atoms with Gasteiger partial charge in [0.15, 0.2) is 0 Å². The standard InChI is InChI=1S/C38H35Br2N3O3S/c1-26-18-20-33(21-19-26)47(45,46)43-35(41-36(29-14-8-4-9-15-29)37(43)30-16-10-5-11-17-30)25-42(27(2)28-12-6-3-7-13-28)24-31-22-32(39)23-34(40)38(31)44/h3-23,27,36-37,44H,24-25H2,1-2H3. The molecule has 0 radical (unpaired) electrons. The van der Waals surface area contributed by atoms with Crippen LogP contribution in [0.4, 0.5) is 0 Å². The summed E-state index contributed by atoms with van der Waals surface area (Å²) in [5.41, 5.74) is 4.51. The first-order chi connectivity index (χ1) is 22.6. The van der Waals surface area contributed by atoms with Crippen LogP contribution in [0.25, 0.3) is 0 Å². The number of amidine groups is 1. The molecule has 0 aromatic heterocycles. The van der Waals surface area contributed by atoms with Gasteiger partial charge in [0, 0.05) is 22.6 Å². The van der Waals surface area contributed by atoms with Crippen LogP contribution in [-0.4, -0.2) is 35.1 Å². The molecule has 1 heterocycles. The number of halogens is 2. The lowest BCUT2D eigenvalue weighted by Gasteiger charge is -2.34. The molecule has 1 aliphatic rings. The third-order valence-electron chi connectivity index (χ3n) is 8.61. The molecule has 9 heteroatoms. The van der Waals surface area contributed by atoms with Crippen molar-refractivity contribution in [3.63, 3.8) is 0 Å². The van der Waals surface area contributed by atoms with E-state index in [1.54, 1.807) is 18.2 Å². The van der Waals surface area contributed by atoms with Crippen LogP contribution in [0.15, 0.2) is 146 Å². The molecular weight excluding hydrogens is 738 g/mol. The Kier molecular flexibility index (Phi) is 9.98. The van der Waals surface area contributed by atoms with E-state index < -0.39 is 22.1 Å². The minimum absolute atomic E-state index is 0.139. The maximum absolute atomic E-state index is 14.8. The summed E-state index contributed by atoms with van der Waals surface area (Å²) in [5, 5.41) is 11.1. The minimum Gasteiger partial charge on any atom is -0.506 e. The number of hydrogen-bond acceptors (Lipinski definition) is 5. The van der Waals surface area contributed by atoms with E-state index in [9.17, 15) is 13.5 Å². The maximum Gasteiger partial charge on any atom is 0.265 e. The van der Waals surface area contributed by atoms with Gasteiger partial charge in [0.05, 0.1) is 22.0 Å². The largest absolute Gasteiger partial charge is 0.506 e. The van der Waals surface area contributed by atoms with Gasteiger partial charge < -0.3 is 5.11 Å². The molecule has 5 aromatic rings. The Labute approximate surface area is 293 Å². The van der Waals surface area contributed by atoms with Crippen molar-refractivity contribution in [2.24, 2.45) is 4.99 Å². The monoisotopic (exact) mass is 771 g/mol. The summed E-state index contributed by atoms with van der Waals surface area (Å²) >= 11 is 7.05. The van der Waals surface area contributed by atoms with Crippen LogP contribution in [0.5, 0.6) is 5.75 Å². The van der Waals surface area contributed by atoms with Crippen LogP contribution in [0.1, 0.15) is 52.9 Å². The number of nitrogens with zero attached hydrogens (tertiary/aromatic N) is 3. The minimum atomic E-state index is -4.06. The summed E-state index contributed by atoms with van der Waals surface area (Å²) in [6, 6.07) is 39.2. The number of aromatic hydroxyl groups is 1. The number of rotatable bonds is 10. The number of phenols is 1. The number of sulfonamides is 1. The van der Waals surface area contributed by atoms with Gasteiger partial charge in [-0.3, -0.25) is 9.89 Å². The molecule has 0 saturated heterocycles. The molecule has 5 aromatic carbocycles. The highest BCUT2D eigenvalue weighted by Crippen LogP contribution is 2.45. The van der Waals surface area contributed by atoms with Gasteiger partial charge in [-0.25, -0.2) is 12.7 Å². The van der Waals surface area contributed by atoms with Crippen LogP contribution >= 0.6 is 31.9 Å². The average Bonchev–Trinajstić information content (AvgIpc) is 3.47. The Morgan fingerprint density at radius 2 is 1.38 bits per heavy atom. The van der Waals surface area contributed by atoms with Crippen molar-refractivity contribution in [1.82, 2.24) is 9.21 Å². The number of aryl methyl sites for hydroxylation is 1. The lowest BCUT2D eigenvalue weighted by molar-refractivity contribution is 0.224. The van der Waals surface area contributed by atoms with Gasteiger partial charge in [0.1, 0.15) is 17.6 Å². The van der Waals surface area contributed by atoms with E-state index in [1.807, 2.05) is 104 Å². The van der Waals surface area contributed by atoms with E-state index in [2.05, 4.69) is 55.8 Å². The highest BCUT2D eigenvalue weighted by molar-refractivity contribution is 9.11. The summed E-state index contributed by atoms with van der Waals surface area (Å²) in [6.45, 7) is 4.58. The topological polar surface area (TPSA) is 73.2 Å². The van der Waals surface area contributed by atoms with Crippen LogP contribution in [-0.2, 0) is 16.6 Å². The molecule has 240 valence electrons. The Bertz CT molecular complexity index is 1970. The highest BCUT2D eigenvalue weighted by Gasteiger charge is 2.45. The quantitative estimate of drug-likeness (QED) is 0.154. The maximum atomic E-state index is 14.8. The molecule has 1 N–H and O–H groups in total. The molecule has 0 aliphatic carbocycles. The lowest BCUT2D eigenvalue weighted by atomic mass is 9.95.